The lowest BCUT2D eigenvalue weighted by Crippen LogP contribution is -2.38. The molecule has 4 aromatic rings. The fourth-order valence-corrected chi connectivity index (χ4v) is 5.63. The highest BCUT2D eigenvalue weighted by Gasteiger charge is 2.39. The van der Waals surface area contributed by atoms with E-state index in [0.717, 1.165) is 16.8 Å². The van der Waals surface area contributed by atoms with Crippen molar-refractivity contribution in [1.82, 2.24) is 20.2 Å². The summed E-state index contributed by atoms with van der Waals surface area (Å²) in [4.78, 5) is 12.2. The lowest BCUT2D eigenvalue weighted by Gasteiger charge is -2.41. The molecular weight excluding hydrogens is 609 g/mol. The topological polar surface area (TPSA) is 111 Å². The average molecular weight is 635 g/mol. The molecule has 1 aromatic heterocycles. The number of thioether (sulfide) groups is 1. The Morgan fingerprint density at radius 2 is 1.78 bits per heavy atom. The van der Waals surface area contributed by atoms with Crippen LogP contribution in [0.25, 0.3) is 5.69 Å². The Bertz CT molecular complexity index is 1470. The lowest BCUT2D eigenvalue weighted by atomic mass is 9.91. The molecule has 0 aliphatic carbocycles. The predicted molar refractivity (Wildman–Crippen MR) is 158 cm³/mol. The second kappa shape index (κ2) is 13.1. The van der Waals surface area contributed by atoms with Gasteiger partial charge in [-0.15, -0.1) is 5.10 Å². The first-order chi connectivity index (χ1) is 19.7. The van der Waals surface area contributed by atoms with E-state index in [1.165, 1.54) is 11.8 Å². The summed E-state index contributed by atoms with van der Waals surface area (Å²) in [6, 6.07) is 24.3. The van der Waals surface area contributed by atoms with Crippen molar-refractivity contribution in [3.05, 3.63) is 95.6 Å². The zero-order chi connectivity index (χ0) is 29.0. The highest BCUT2D eigenvalue weighted by Crippen LogP contribution is 2.43. The molecule has 1 amide bonds. The fraction of sp³-hybridized carbons (Fsp3) is 0.286. The molecule has 2 N–H and O–H groups in total. The number of aromatic nitrogens is 4. The van der Waals surface area contributed by atoms with Crippen LogP contribution in [-0.2, 0) is 20.9 Å². The number of carbonyl (C=O) groups excluding carboxylic acids is 1. The molecule has 0 saturated carbocycles. The third-order valence-corrected chi connectivity index (χ3v) is 8.14. The fourth-order valence-electron chi connectivity index (χ4n) is 4.43. The first kappa shape index (κ1) is 29.8. The van der Waals surface area contributed by atoms with Crippen LogP contribution in [0.2, 0.25) is 0 Å². The van der Waals surface area contributed by atoms with Crippen LogP contribution in [0, 0.1) is 5.92 Å². The Kier molecular flexibility index (Phi) is 9.50. The highest BCUT2D eigenvalue weighted by atomic mass is 35.6. The number of alkyl halides is 3. The maximum Gasteiger partial charge on any atom is 0.276 e. The average Bonchev–Trinajstić information content (AvgIpc) is 3.45. The van der Waals surface area contributed by atoms with E-state index in [1.807, 2.05) is 60.7 Å². The number of benzene rings is 3. The Morgan fingerprint density at radius 1 is 1.02 bits per heavy atom. The van der Waals surface area contributed by atoms with Gasteiger partial charge in [-0.25, -0.2) is 0 Å². The van der Waals surface area contributed by atoms with E-state index in [2.05, 4.69) is 27.8 Å². The Morgan fingerprint density at radius 3 is 2.49 bits per heavy atom. The summed E-state index contributed by atoms with van der Waals surface area (Å²) in [5.74, 6) is -0.276. The molecule has 3 aromatic carbocycles. The molecule has 1 aliphatic heterocycles. The number of nitrogens with one attached hydrogen (secondary N) is 1. The van der Waals surface area contributed by atoms with Crippen LogP contribution in [0.15, 0.2) is 84.0 Å². The second-order valence-electron chi connectivity index (χ2n) is 9.42. The summed E-state index contributed by atoms with van der Waals surface area (Å²) >= 11 is 18.7. The van der Waals surface area contributed by atoms with E-state index in [-0.39, 0.29) is 24.7 Å². The number of tetrazole rings is 1. The van der Waals surface area contributed by atoms with Gasteiger partial charge in [0.05, 0.1) is 24.5 Å². The first-order valence-corrected chi connectivity index (χ1v) is 14.8. The quantitative estimate of drug-likeness (QED) is 0.178. The molecule has 1 saturated heterocycles. The smallest absolute Gasteiger partial charge is 0.276 e. The summed E-state index contributed by atoms with van der Waals surface area (Å²) in [5, 5.41) is 25.0. The van der Waals surface area contributed by atoms with Gasteiger partial charge >= 0.3 is 0 Å². The number of aliphatic hydroxyl groups is 1. The van der Waals surface area contributed by atoms with Gasteiger partial charge in [0.2, 0.25) is 5.16 Å². The molecule has 0 spiro atoms. The second-order valence-corrected chi connectivity index (χ2v) is 12.7. The van der Waals surface area contributed by atoms with Crippen LogP contribution >= 0.6 is 46.6 Å². The molecule has 4 atom stereocenters. The molecule has 1 fully saturated rings. The number of anilines is 1. The van der Waals surface area contributed by atoms with Crippen LogP contribution in [0.1, 0.15) is 36.0 Å². The van der Waals surface area contributed by atoms with Gasteiger partial charge in [0.25, 0.3) is 9.70 Å². The normalized spacial score (nSPS) is 21.0. The number of para-hydroxylation sites is 1. The van der Waals surface area contributed by atoms with E-state index < -0.39 is 16.0 Å². The molecule has 0 radical (unpaired) electrons. The zero-order valence-corrected chi connectivity index (χ0v) is 24.8. The number of nitrogens with zero attached hydrogens (tertiary/aromatic N) is 4. The molecule has 2 heterocycles. The number of halogens is 3. The summed E-state index contributed by atoms with van der Waals surface area (Å²) in [5.41, 5.74) is 3.73. The maximum absolute atomic E-state index is 12.2. The van der Waals surface area contributed by atoms with Crippen LogP contribution < -0.4 is 5.32 Å². The van der Waals surface area contributed by atoms with Gasteiger partial charge in [0.1, 0.15) is 0 Å². The Hall–Kier alpha value is -2.70. The number of ether oxygens (including phenoxy) is 2. The summed E-state index contributed by atoms with van der Waals surface area (Å²) < 4.78 is 12.6. The van der Waals surface area contributed by atoms with Crippen molar-refractivity contribution >= 4 is 58.2 Å². The molecule has 0 unspecified atom stereocenters. The Balaban J connectivity index is 1.40. The minimum absolute atomic E-state index is 0.0464. The van der Waals surface area contributed by atoms with Crippen LogP contribution in [-0.4, -0.2) is 46.9 Å². The van der Waals surface area contributed by atoms with Crippen LogP contribution in [0.3, 0.4) is 0 Å². The van der Waals surface area contributed by atoms with E-state index in [4.69, 9.17) is 44.3 Å². The minimum atomic E-state index is -2.10. The van der Waals surface area contributed by atoms with Crippen molar-refractivity contribution < 1.29 is 19.4 Å². The molecule has 41 heavy (non-hydrogen) atoms. The van der Waals surface area contributed by atoms with E-state index in [1.54, 1.807) is 22.9 Å². The van der Waals surface area contributed by atoms with Crippen molar-refractivity contribution in [3.63, 3.8) is 0 Å². The van der Waals surface area contributed by atoms with Crippen molar-refractivity contribution in [2.45, 2.75) is 41.0 Å². The monoisotopic (exact) mass is 633 g/mol. The standard InChI is InChI=1S/C28H26Cl3N5O4S/c1-17-23(16-41-27-33-34-35-36(27)22-8-3-2-4-9-22)39-25(40-24(17)19-12-10-18(15-37)11-13-19)20-6-5-7-21(14-20)32-26(38)28(29,30)31/h2-14,17,23-25,37H,15-16H2,1H3,(H,32,38)/t17-,23+,24+,25+/m0/s1. The molecule has 214 valence electrons. The van der Waals surface area contributed by atoms with Crippen LogP contribution in [0.5, 0.6) is 0 Å². The Labute approximate surface area is 256 Å². The largest absolute Gasteiger partial charge is 0.392 e. The first-order valence-electron chi connectivity index (χ1n) is 12.7. The van der Waals surface area contributed by atoms with E-state index >= 15 is 0 Å². The molecule has 9 nitrogen and oxygen atoms in total. The molecule has 1 aliphatic rings. The number of amides is 1. The van der Waals surface area contributed by atoms with Gasteiger partial charge in [-0.3, -0.25) is 4.79 Å². The van der Waals surface area contributed by atoms with Crippen molar-refractivity contribution in [2.75, 3.05) is 11.1 Å². The summed E-state index contributed by atoms with van der Waals surface area (Å²) in [6.07, 6.45) is -1.34. The van der Waals surface area contributed by atoms with Crippen molar-refractivity contribution in [1.29, 1.82) is 0 Å². The van der Waals surface area contributed by atoms with Gasteiger partial charge in [-0.1, -0.05) is 108 Å². The molecule has 0 bridgehead atoms. The SMILES string of the molecule is C[C@H]1[C@@H](CSc2nnnn2-c2ccccc2)O[C@@H](c2cccc(NC(=O)C(Cl)(Cl)Cl)c2)O[C@H]1c1ccc(CO)cc1. The van der Waals surface area contributed by atoms with Gasteiger partial charge < -0.3 is 19.9 Å². The predicted octanol–water partition coefficient (Wildman–Crippen LogP) is 6.05. The summed E-state index contributed by atoms with van der Waals surface area (Å²) in [6.45, 7) is 2.03. The third kappa shape index (κ3) is 7.21. The molecular formula is C28H26Cl3N5O4S. The van der Waals surface area contributed by atoms with E-state index in [0.29, 0.717) is 22.2 Å². The minimum Gasteiger partial charge on any atom is -0.392 e. The summed E-state index contributed by atoms with van der Waals surface area (Å²) in [7, 11) is 0. The van der Waals surface area contributed by atoms with Gasteiger partial charge in [0, 0.05) is 22.9 Å². The number of carbonyl (C=O) groups is 1. The van der Waals surface area contributed by atoms with Crippen molar-refractivity contribution in [2.24, 2.45) is 5.92 Å². The number of hydrogen-bond donors (Lipinski definition) is 2. The number of rotatable bonds is 8. The van der Waals surface area contributed by atoms with Crippen LogP contribution in [0.4, 0.5) is 5.69 Å². The number of aliphatic hydroxyl groups excluding tert-OH is 1. The van der Waals surface area contributed by atoms with Gasteiger partial charge in [0.15, 0.2) is 6.29 Å². The highest BCUT2D eigenvalue weighted by molar-refractivity contribution is 7.99. The lowest BCUT2D eigenvalue weighted by molar-refractivity contribution is -0.268. The maximum atomic E-state index is 12.2. The van der Waals surface area contributed by atoms with Crippen molar-refractivity contribution in [3.8, 4) is 5.69 Å². The zero-order valence-electron chi connectivity index (χ0n) is 21.7. The third-order valence-electron chi connectivity index (χ3n) is 6.62. The molecule has 5 rings (SSSR count). The van der Waals surface area contributed by atoms with Gasteiger partial charge in [-0.05, 0) is 45.8 Å². The van der Waals surface area contributed by atoms with Gasteiger partial charge in [-0.2, -0.15) is 4.68 Å². The number of hydrogen-bond acceptors (Lipinski definition) is 8. The van der Waals surface area contributed by atoms with E-state index in [9.17, 15) is 9.90 Å². The molecule has 13 heteroatoms.